The maximum atomic E-state index is 13.9. The Bertz CT molecular complexity index is 1690. The van der Waals surface area contributed by atoms with Crippen LogP contribution in [0.4, 0.5) is 11.4 Å². The van der Waals surface area contributed by atoms with E-state index >= 15 is 0 Å². The van der Waals surface area contributed by atoms with Gasteiger partial charge >= 0.3 is 0 Å². The summed E-state index contributed by atoms with van der Waals surface area (Å²) < 4.78 is 0. The number of amides is 1. The highest BCUT2D eigenvalue weighted by Crippen LogP contribution is 2.51. The quantitative estimate of drug-likeness (QED) is 0.368. The standard InChI is InChI=1S/C31H20N2O3/c1-33-25-14-8-7-13-24(25)31(30(33)36)17-23(18-9-3-2-4-10-18)19-15-16-22-26(27(19)32-31)29(35)21-12-6-5-11-20(21)28(22)34/h2-17,32H,1H3/t31-/m1/s1. The van der Waals surface area contributed by atoms with Gasteiger partial charge in [-0.25, -0.2) is 0 Å². The van der Waals surface area contributed by atoms with E-state index in [1.165, 1.54) is 0 Å². The van der Waals surface area contributed by atoms with Crippen molar-refractivity contribution >= 4 is 34.4 Å². The van der Waals surface area contributed by atoms with Crippen LogP contribution < -0.4 is 10.2 Å². The summed E-state index contributed by atoms with van der Waals surface area (Å²) >= 11 is 0. The highest BCUT2D eigenvalue weighted by Gasteiger charge is 2.51. The van der Waals surface area contributed by atoms with Gasteiger partial charge in [0.15, 0.2) is 17.1 Å². The van der Waals surface area contributed by atoms with Crippen molar-refractivity contribution < 1.29 is 14.4 Å². The Balaban J connectivity index is 1.55. The van der Waals surface area contributed by atoms with Crippen LogP contribution in [0, 0.1) is 0 Å². The lowest BCUT2D eigenvalue weighted by Crippen LogP contribution is -2.46. The molecule has 2 heterocycles. The highest BCUT2D eigenvalue weighted by molar-refractivity contribution is 6.31. The molecule has 0 bridgehead atoms. The average Bonchev–Trinajstić information content (AvgIpc) is 3.13. The minimum atomic E-state index is -1.21. The minimum Gasteiger partial charge on any atom is -0.363 e. The fourth-order valence-corrected chi connectivity index (χ4v) is 5.77. The van der Waals surface area contributed by atoms with Crippen molar-refractivity contribution in [1.29, 1.82) is 0 Å². The Morgan fingerprint density at radius 2 is 1.31 bits per heavy atom. The summed E-state index contributed by atoms with van der Waals surface area (Å²) in [7, 11) is 1.76. The zero-order valence-electron chi connectivity index (χ0n) is 19.4. The molecule has 1 aliphatic carbocycles. The van der Waals surface area contributed by atoms with E-state index in [2.05, 4.69) is 5.32 Å². The van der Waals surface area contributed by atoms with Gasteiger partial charge in [-0.15, -0.1) is 0 Å². The number of carbonyl (C=O) groups is 3. The molecule has 4 aromatic rings. The Kier molecular flexibility index (Phi) is 4.07. The largest absolute Gasteiger partial charge is 0.363 e. The van der Waals surface area contributed by atoms with Gasteiger partial charge in [-0.3, -0.25) is 14.4 Å². The van der Waals surface area contributed by atoms with Gasteiger partial charge < -0.3 is 10.2 Å². The van der Waals surface area contributed by atoms with Gasteiger partial charge in [0.1, 0.15) is 0 Å². The number of hydrogen-bond acceptors (Lipinski definition) is 4. The fraction of sp³-hybridized carbons (Fsp3) is 0.0645. The number of nitrogens with zero attached hydrogens (tertiary/aromatic N) is 1. The second kappa shape index (κ2) is 7.12. The van der Waals surface area contributed by atoms with Gasteiger partial charge in [0.2, 0.25) is 0 Å². The molecule has 5 heteroatoms. The average molecular weight is 469 g/mol. The number of likely N-dealkylation sites (N-methyl/N-ethyl adjacent to an activating group) is 1. The third-order valence-electron chi connectivity index (χ3n) is 7.48. The summed E-state index contributed by atoms with van der Waals surface area (Å²) in [4.78, 5) is 42.9. The molecule has 172 valence electrons. The lowest BCUT2D eigenvalue weighted by Gasteiger charge is -2.36. The summed E-state index contributed by atoms with van der Waals surface area (Å²) in [6, 6.07) is 28.0. The van der Waals surface area contributed by atoms with E-state index in [-0.39, 0.29) is 17.5 Å². The Labute approximate surface area is 207 Å². The molecule has 3 aliphatic rings. The van der Waals surface area contributed by atoms with Crippen molar-refractivity contribution in [2.75, 3.05) is 17.3 Å². The molecule has 0 fully saturated rings. The lowest BCUT2D eigenvalue weighted by atomic mass is 9.76. The summed E-state index contributed by atoms with van der Waals surface area (Å²) in [6.45, 7) is 0. The van der Waals surface area contributed by atoms with E-state index in [1.54, 1.807) is 42.3 Å². The van der Waals surface area contributed by atoms with Crippen LogP contribution in [0.1, 0.15) is 48.5 Å². The van der Waals surface area contributed by atoms with Crippen LogP contribution in [-0.2, 0) is 10.3 Å². The van der Waals surface area contributed by atoms with Crippen LogP contribution in [0.15, 0.2) is 97.1 Å². The van der Waals surface area contributed by atoms with E-state index in [9.17, 15) is 14.4 Å². The maximum Gasteiger partial charge on any atom is 0.261 e. The molecular weight excluding hydrogens is 448 g/mol. The number of hydrogen-bond donors (Lipinski definition) is 1. The van der Waals surface area contributed by atoms with Crippen molar-refractivity contribution in [3.05, 3.63) is 136 Å². The summed E-state index contributed by atoms with van der Waals surface area (Å²) in [5.74, 6) is -0.554. The second-order valence-corrected chi connectivity index (χ2v) is 9.35. The van der Waals surface area contributed by atoms with Crippen LogP contribution in [0.2, 0.25) is 0 Å². The minimum absolute atomic E-state index is 0.143. The molecule has 7 rings (SSSR count). The molecule has 1 atom stereocenters. The fourth-order valence-electron chi connectivity index (χ4n) is 5.77. The first-order valence-corrected chi connectivity index (χ1v) is 11.8. The Hall–Kier alpha value is -4.77. The Morgan fingerprint density at radius 1 is 0.667 bits per heavy atom. The van der Waals surface area contributed by atoms with Crippen molar-refractivity contribution in [3.63, 3.8) is 0 Å². The number of para-hydroxylation sites is 1. The topological polar surface area (TPSA) is 66.5 Å². The molecule has 1 amide bonds. The maximum absolute atomic E-state index is 13.9. The van der Waals surface area contributed by atoms with Crippen molar-refractivity contribution in [3.8, 4) is 0 Å². The number of fused-ring (bicyclic) bond motifs is 6. The first-order valence-electron chi connectivity index (χ1n) is 11.8. The number of nitrogens with one attached hydrogen (secondary N) is 1. The predicted molar refractivity (Wildman–Crippen MR) is 138 cm³/mol. The van der Waals surface area contributed by atoms with E-state index in [0.717, 1.165) is 28.0 Å². The van der Waals surface area contributed by atoms with Gasteiger partial charge in [0.05, 0.1) is 11.3 Å². The van der Waals surface area contributed by atoms with Crippen LogP contribution >= 0.6 is 0 Å². The molecule has 36 heavy (non-hydrogen) atoms. The molecular formula is C31H20N2O3. The van der Waals surface area contributed by atoms with E-state index in [4.69, 9.17) is 0 Å². The molecule has 5 nitrogen and oxygen atoms in total. The van der Waals surface area contributed by atoms with Gasteiger partial charge in [-0.2, -0.15) is 0 Å². The molecule has 2 aliphatic heterocycles. The normalized spacial score (nSPS) is 19.3. The first kappa shape index (κ1) is 20.6. The molecule has 4 aromatic carbocycles. The zero-order valence-corrected chi connectivity index (χ0v) is 19.4. The van der Waals surface area contributed by atoms with Crippen LogP contribution in [0.3, 0.4) is 0 Å². The van der Waals surface area contributed by atoms with Gasteiger partial charge in [-0.1, -0.05) is 78.9 Å². The number of carbonyl (C=O) groups excluding carboxylic acids is 3. The number of ketones is 2. The summed E-state index contributed by atoms with van der Waals surface area (Å²) in [6.07, 6.45) is 1.96. The molecule has 0 radical (unpaired) electrons. The first-order chi connectivity index (χ1) is 17.5. The number of anilines is 2. The molecule has 1 N–H and O–H groups in total. The van der Waals surface area contributed by atoms with Crippen molar-refractivity contribution in [2.24, 2.45) is 0 Å². The van der Waals surface area contributed by atoms with E-state index in [1.807, 2.05) is 66.7 Å². The lowest BCUT2D eigenvalue weighted by molar-refractivity contribution is -0.120. The monoisotopic (exact) mass is 468 g/mol. The van der Waals surface area contributed by atoms with E-state index < -0.39 is 5.54 Å². The molecule has 1 spiro atoms. The molecule has 0 saturated carbocycles. The number of benzene rings is 4. The third-order valence-corrected chi connectivity index (χ3v) is 7.48. The van der Waals surface area contributed by atoms with Crippen LogP contribution in [0.5, 0.6) is 0 Å². The van der Waals surface area contributed by atoms with E-state index in [0.29, 0.717) is 27.9 Å². The van der Waals surface area contributed by atoms with Gasteiger partial charge in [0, 0.05) is 40.6 Å². The predicted octanol–water partition coefficient (Wildman–Crippen LogP) is 5.19. The number of rotatable bonds is 1. The van der Waals surface area contributed by atoms with Crippen LogP contribution in [-0.4, -0.2) is 24.5 Å². The summed E-state index contributed by atoms with van der Waals surface area (Å²) in [5.41, 5.74) is 4.91. The molecule has 0 aromatic heterocycles. The molecule has 0 saturated heterocycles. The highest BCUT2D eigenvalue weighted by atomic mass is 16.2. The zero-order chi connectivity index (χ0) is 24.6. The van der Waals surface area contributed by atoms with Gasteiger partial charge in [-0.05, 0) is 29.3 Å². The Morgan fingerprint density at radius 3 is 2.08 bits per heavy atom. The second-order valence-electron chi connectivity index (χ2n) is 9.35. The van der Waals surface area contributed by atoms with Crippen LogP contribution in [0.25, 0.3) is 5.57 Å². The van der Waals surface area contributed by atoms with Crippen molar-refractivity contribution in [2.45, 2.75) is 5.54 Å². The molecule has 0 unspecified atom stereocenters. The SMILES string of the molecule is CN1C(=O)[C@@]2(C=C(c3ccccc3)c3ccc4c(c3N2)C(=O)c2ccccc2C4=O)c2ccccc21. The third kappa shape index (κ3) is 2.52. The van der Waals surface area contributed by atoms with Gasteiger partial charge in [0.25, 0.3) is 5.91 Å². The summed E-state index contributed by atoms with van der Waals surface area (Å²) in [5, 5.41) is 3.48. The van der Waals surface area contributed by atoms with Crippen molar-refractivity contribution in [1.82, 2.24) is 0 Å². The smallest absolute Gasteiger partial charge is 0.261 e.